The van der Waals surface area contributed by atoms with E-state index in [4.69, 9.17) is 5.10 Å². The standard InChI is InChI=1S/C24H24FN5O3/c25-17-5-7-19(8-6-17)29-22-4-2-1-3-21(22)23(26-29)24(31)28-15-13-27(14-16-28)18-9-11-20(12-10-18)30(32)33/h5-12H,1-4,13-16H2. The molecule has 0 saturated carbocycles. The van der Waals surface area contributed by atoms with E-state index < -0.39 is 4.92 Å². The Labute approximate surface area is 190 Å². The molecule has 0 atom stereocenters. The van der Waals surface area contributed by atoms with E-state index in [0.717, 1.165) is 48.3 Å². The largest absolute Gasteiger partial charge is 0.368 e. The summed E-state index contributed by atoms with van der Waals surface area (Å²) in [4.78, 5) is 27.8. The van der Waals surface area contributed by atoms with E-state index in [-0.39, 0.29) is 17.4 Å². The van der Waals surface area contributed by atoms with Gasteiger partial charge in [0.2, 0.25) is 0 Å². The molecule has 2 aromatic carbocycles. The number of hydrogen-bond donors (Lipinski definition) is 0. The second-order valence-electron chi connectivity index (χ2n) is 8.42. The Morgan fingerprint density at radius 1 is 0.909 bits per heavy atom. The second-order valence-corrected chi connectivity index (χ2v) is 8.42. The van der Waals surface area contributed by atoms with E-state index in [1.165, 1.54) is 24.3 Å². The molecular weight excluding hydrogens is 425 g/mol. The Bertz CT molecular complexity index is 1180. The zero-order chi connectivity index (χ0) is 22.9. The van der Waals surface area contributed by atoms with Crippen molar-refractivity contribution in [2.75, 3.05) is 31.1 Å². The van der Waals surface area contributed by atoms with Gasteiger partial charge in [-0.25, -0.2) is 9.07 Å². The van der Waals surface area contributed by atoms with E-state index in [1.807, 2.05) is 4.90 Å². The number of halogens is 1. The predicted octanol–water partition coefficient (Wildman–Crippen LogP) is 3.76. The molecule has 0 bridgehead atoms. The van der Waals surface area contributed by atoms with Crippen LogP contribution in [0.2, 0.25) is 0 Å². The number of nitro benzene ring substituents is 1. The van der Waals surface area contributed by atoms with Gasteiger partial charge in [-0.15, -0.1) is 0 Å². The van der Waals surface area contributed by atoms with Crippen molar-refractivity contribution in [3.05, 3.63) is 81.4 Å². The van der Waals surface area contributed by atoms with E-state index in [9.17, 15) is 19.3 Å². The van der Waals surface area contributed by atoms with Crippen molar-refractivity contribution in [2.24, 2.45) is 0 Å². The van der Waals surface area contributed by atoms with Crippen molar-refractivity contribution in [1.82, 2.24) is 14.7 Å². The zero-order valence-electron chi connectivity index (χ0n) is 18.1. The number of fused-ring (bicyclic) bond motifs is 1. The van der Waals surface area contributed by atoms with Gasteiger partial charge in [0.25, 0.3) is 11.6 Å². The molecule has 1 fully saturated rings. The summed E-state index contributed by atoms with van der Waals surface area (Å²) in [6, 6.07) is 12.7. The van der Waals surface area contributed by atoms with Gasteiger partial charge in [-0.3, -0.25) is 14.9 Å². The fourth-order valence-corrected chi connectivity index (χ4v) is 4.67. The maximum atomic E-state index is 13.4. The Kier molecular flexibility index (Phi) is 5.53. The molecule has 33 heavy (non-hydrogen) atoms. The van der Waals surface area contributed by atoms with Crippen molar-refractivity contribution in [2.45, 2.75) is 25.7 Å². The van der Waals surface area contributed by atoms with Crippen LogP contribution in [0.25, 0.3) is 5.69 Å². The normalized spacial score (nSPS) is 15.9. The lowest BCUT2D eigenvalue weighted by molar-refractivity contribution is -0.384. The monoisotopic (exact) mass is 449 g/mol. The molecule has 0 radical (unpaired) electrons. The van der Waals surface area contributed by atoms with Crippen LogP contribution in [0, 0.1) is 15.9 Å². The van der Waals surface area contributed by atoms with Crippen LogP contribution in [-0.2, 0) is 12.8 Å². The van der Waals surface area contributed by atoms with Crippen molar-refractivity contribution in [3.63, 3.8) is 0 Å². The number of nitrogens with zero attached hydrogens (tertiary/aromatic N) is 5. The van der Waals surface area contributed by atoms with Crippen LogP contribution in [0.15, 0.2) is 48.5 Å². The third kappa shape index (κ3) is 4.06. The van der Waals surface area contributed by atoms with Crippen LogP contribution in [-0.4, -0.2) is 51.7 Å². The average molecular weight is 449 g/mol. The second kappa shape index (κ2) is 8.65. The molecular formula is C24H24FN5O3. The number of aromatic nitrogens is 2. The number of carbonyl (C=O) groups is 1. The number of anilines is 1. The summed E-state index contributed by atoms with van der Waals surface area (Å²) >= 11 is 0. The SMILES string of the molecule is O=C(c1nn(-c2ccc(F)cc2)c2c1CCCC2)N1CCN(c2ccc([N+](=O)[O-])cc2)CC1. The number of benzene rings is 2. The first-order valence-corrected chi connectivity index (χ1v) is 11.2. The van der Waals surface area contributed by atoms with E-state index in [2.05, 4.69) is 4.90 Å². The molecule has 0 N–H and O–H groups in total. The molecule has 0 spiro atoms. The lowest BCUT2D eigenvalue weighted by atomic mass is 9.95. The molecule has 3 aromatic rings. The molecule has 170 valence electrons. The van der Waals surface area contributed by atoms with Gasteiger partial charge in [0, 0.05) is 55.3 Å². The van der Waals surface area contributed by atoms with E-state index in [0.29, 0.717) is 31.9 Å². The first-order valence-electron chi connectivity index (χ1n) is 11.2. The van der Waals surface area contributed by atoms with Crippen LogP contribution in [0.5, 0.6) is 0 Å². The third-order valence-electron chi connectivity index (χ3n) is 6.45. The molecule has 0 unspecified atom stereocenters. The minimum absolute atomic E-state index is 0.0640. The van der Waals surface area contributed by atoms with Crippen molar-refractivity contribution < 1.29 is 14.1 Å². The summed E-state index contributed by atoms with van der Waals surface area (Å²) < 4.78 is 15.2. The summed E-state index contributed by atoms with van der Waals surface area (Å²) in [6.07, 6.45) is 3.74. The summed E-state index contributed by atoms with van der Waals surface area (Å²) in [5, 5.41) is 15.6. The lowest BCUT2D eigenvalue weighted by Gasteiger charge is -2.36. The van der Waals surface area contributed by atoms with E-state index in [1.54, 1.807) is 28.9 Å². The van der Waals surface area contributed by atoms with Gasteiger partial charge in [0.15, 0.2) is 5.69 Å². The summed E-state index contributed by atoms with van der Waals surface area (Å²) in [5.74, 6) is -0.376. The first kappa shape index (κ1) is 21.1. The number of rotatable bonds is 4. The Hall–Kier alpha value is -3.75. The van der Waals surface area contributed by atoms with Gasteiger partial charge in [-0.2, -0.15) is 5.10 Å². The smallest absolute Gasteiger partial charge is 0.274 e. The predicted molar refractivity (Wildman–Crippen MR) is 121 cm³/mol. The van der Waals surface area contributed by atoms with Crippen molar-refractivity contribution in [1.29, 1.82) is 0 Å². The topological polar surface area (TPSA) is 84.5 Å². The van der Waals surface area contributed by atoms with Crippen LogP contribution in [0.1, 0.15) is 34.6 Å². The zero-order valence-corrected chi connectivity index (χ0v) is 18.1. The quantitative estimate of drug-likeness (QED) is 0.447. The number of non-ortho nitro benzene ring substituents is 1. The Morgan fingerprint density at radius 3 is 2.21 bits per heavy atom. The van der Waals surface area contributed by atoms with Gasteiger partial charge in [-0.1, -0.05) is 0 Å². The molecule has 2 heterocycles. The molecule has 5 rings (SSSR count). The van der Waals surface area contributed by atoms with Crippen LogP contribution < -0.4 is 4.90 Å². The highest BCUT2D eigenvalue weighted by molar-refractivity contribution is 5.94. The van der Waals surface area contributed by atoms with Gasteiger partial charge in [0.1, 0.15) is 5.82 Å². The van der Waals surface area contributed by atoms with Crippen molar-refractivity contribution in [3.8, 4) is 5.69 Å². The van der Waals surface area contributed by atoms with Crippen LogP contribution >= 0.6 is 0 Å². The minimum atomic E-state index is -0.411. The van der Waals surface area contributed by atoms with Crippen LogP contribution in [0.3, 0.4) is 0 Å². The highest BCUT2D eigenvalue weighted by Gasteiger charge is 2.30. The number of nitro groups is 1. The average Bonchev–Trinajstić information content (AvgIpc) is 3.24. The number of carbonyl (C=O) groups excluding carboxylic acids is 1. The van der Waals surface area contributed by atoms with Crippen LogP contribution in [0.4, 0.5) is 15.8 Å². The Balaban J connectivity index is 1.34. The molecule has 8 nitrogen and oxygen atoms in total. The van der Waals surface area contributed by atoms with Gasteiger partial charge >= 0.3 is 0 Å². The molecule has 1 aromatic heterocycles. The van der Waals surface area contributed by atoms with E-state index >= 15 is 0 Å². The molecule has 9 heteroatoms. The molecule has 1 aliphatic heterocycles. The molecule has 2 aliphatic rings. The van der Waals surface area contributed by atoms with Crippen molar-refractivity contribution >= 4 is 17.3 Å². The van der Waals surface area contributed by atoms with Gasteiger partial charge < -0.3 is 9.80 Å². The maximum absolute atomic E-state index is 13.4. The number of piperazine rings is 1. The minimum Gasteiger partial charge on any atom is -0.368 e. The maximum Gasteiger partial charge on any atom is 0.274 e. The molecule has 1 saturated heterocycles. The molecule has 1 amide bonds. The molecule has 1 aliphatic carbocycles. The summed E-state index contributed by atoms with van der Waals surface area (Å²) in [5.41, 5.74) is 4.28. The number of amides is 1. The number of hydrogen-bond acceptors (Lipinski definition) is 5. The summed E-state index contributed by atoms with van der Waals surface area (Å²) in [7, 11) is 0. The third-order valence-corrected chi connectivity index (χ3v) is 6.45. The fourth-order valence-electron chi connectivity index (χ4n) is 4.67. The van der Waals surface area contributed by atoms with Gasteiger partial charge in [-0.05, 0) is 62.1 Å². The lowest BCUT2D eigenvalue weighted by Crippen LogP contribution is -2.49. The fraction of sp³-hybridized carbons (Fsp3) is 0.333. The first-order chi connectivity index (χ1) is 16.0. The summed E-state index contributed by atoms with van der Waals surface area (Å²) in [6.45, 7) is 2.39. The highest BCUT2D eigenvalue weighted by atomic mass is 19.1. The highest BCUT2D eigenvalue weighted by Crippen LogP contribution is 2.28. The Morgan fingerprint density at radius 2 is 1.55 bits per heavy atom. The van der Waals surface area contributed by atoms with Gasteiger partial charge in [0.05, 0.1) is 10.6 Å².